The van der Waals surface area contributed by atoms with Gasteiger partial charge in [-0.25, -0.2) is 0 Å². The molecule has 2 heterocycles. The molecule has 0 amide bonds. The fourth-order valence-electron chi connectivity index (χ4n) is 2.58. The van der Waals surface area contributed by atoms with Gasteiger partial charge in [0.15, 0.2) is 5.82 Å². The first-order chi connectivity index (χ1) is 10.3. The van der Waals surface area contributed by atoms with Crippen molar-refractivity contribution in [3.8, 4) is 0 Å². The van der Waals surface area contributed by atoms with Gasteiger partial charge in [-0.1, -0.05) is 18.5 Å². The Morgan fingerprint density at radius 1 is 1.45 bits per heavy atom. The van der Waals surface area contributed by atoms with Gasteiger partial charge in [0, 0.05) is 19.5 Å². The third-order valence-electron chi connectivity index (χ3n) is 3.76. The molecular weight excluding hydrogens is 303 g/mol. The lowest BCUT2D eigenvalue weighted by Crippen LogP contribution is -2.33. The summed E-state index contributed by atoms with van der Waals surface area (Å²) in [7, 11) is 0. The largest absolute Gasteiger partial charge is 0.481 e. The SMILES string of the molecule is CCCCc1noc(CN2C[C@@H](C(F)(F)F)[C@H](C(=O)O)C2)n1. The number of carboxylic acids is 1. The number of carbonyl (C=O) groups is 1. The van der Waals surface area contributed by atoms with Crippen molar-refractivity contribution in [2.75, 3.05) is 13.1 Å². The van der Waals surface area contributed by atoms with Crippen LogP contribution in [-0.4, -0.2) is 45.4 Å². The predicted molar refractivity (Wildman–Crippen MR) is 68.9 cm³/mol. The number of likely N-dealkylation sites (tertiary alicyclic amines) is 1. The zero-order valence-corrected chi connectivity index (χ0v) is 12.1. The second-order valence-corrected chi connectivity index (χ2v) is 5.49. The molecule has 1 aliphatic heterocycles. The van der Waals surface area contributed by atoms with Gasteiger partial charge in [0.25, 0.3) is 0 Å². The quantitative estimate of drug-likeness (QED) is 0.864. The second-order valence-electron chi connectivity index (χ2n) is 5.49. The zero-order valence-electron chi connectivity index (χ0n) is 12.1. The van der Waals surface area contributed by atoms with E-state index >= 15 is 0 Å². The Labute approximate surface area is 125 Å². The molecule has 124 valence electrons. The lowest BCUT2D eigenvalue weighted by Gasteiger charge is -2.17. The Bertz CT molecular complexity index is 518. The van der Waals surface area contributed by atoms with Crippen LogP contribution in [-0.2, 0) is 17.8 Å². The summed E-state index contributed by atoms with van der Waals surface area (Å²) < 4.78 is 43.7. The van der Waals surface area contributed by atoms with Crippen LogP contribution in [0.5, 0.6) is 0 Å². The van der Waals surface area contributed by atoms with Crippen LogP contribution < -0.4 is 0 Å². The highest BCUT2D eigenvalue weighted by Gasteiger charge is 2.52. The molecule has 1 aromatic rings. The summed E-state index contributed by atoms with van der Waals surface area (Å²) >= 11 is 0. The number of hydrogen-bond donors (Lipinski definition) is 1. The van der Waals surface area contributed by atoms with E-state index in [9.17, 15) is 18.0 Å². The van der Waals surface area contributed by atoms with E-state index in [1.54, 1.807) is 0 Å². The number of halogens is 3. The van der Waals surface area contributed by atoms with Crippen LogP contribution >= 0.6 is 0 Å². The van der Waals surface area contributed by atoms with Gasteiger partial charge in [0.1, 0.15) is 0 Å². The molecule has 0 radical (unpaired) electrons. The Morgan fingerprint density at radius 2 is 2.18 bits per heavy atom. The van der Waals surface area contributed by atoms with Crippen molar-refractivity contribution in [1.82, 2.24) is 15.0 Å². The van der Waals surface area contributed by atoms with Crippen LogP contribution in [0, 0.1) is 11.8 Å². The molecule has 0 spiro atoms. The highest BCUT2D eigenvalue weighted by molar-refractivity contribution is 5.71. The second kappa shape index (κ2) is 6.64. The van der Waals surface area contributed by atoms with E-state index in [-0.39, 0.29) is 25.5 Å². The number of unbranched alkanes of at least 4 members (excludes halogenated alkanes) is 1. The fraction of sp³-hybridized carbons (Fsp3) is 0.769. The molecule has 0 aliphatic carbocycles. The topological polar surface area (TPSA) is 79.5 Å². The molecule has 22 heavy (non-hydrogen) atoms. The van der Waals surface area contributed by atoms with Gasteiger partial charge in [0.2, 0.25) is 5.89 Å². The molecule has 9 heteroatoms. The molecule has 1 N–H and O–H groups in total. The number of aromatic nitrogens is 2. The average molecular weight is 321 g/mol. The summed E-state index contributed by atoms with van der Waals surface area (Å²) in [5.41, 5.74) is 0. The third-order valence-corrected chi connectivity index (χ3v) is 3.76. The molecule has 2 rings (SSSR count). The molecule has 1 fully saturated rings. The maximum Gasteiger partial charge on any atom is 0.393 e. The highest BCUT2D eigenvalue weighted by Crippen LogP contribution is 2.38. The molecule has 0 saturated carbocycles. The maximum atomic E-state index is 12.9. The Balaban J connectivity index is 1.99. The summed E-state index contributed by atoms with van der Waals surface area (Å²) in [5, 5.41) is 12.7. The van der Waals surface area contributed by atoms with Gasteiger partial charge < -0.3 is 9.63 Å². The molecule has 1 aliphatic rings. The van der Waals surface area contributed by atoms with Crippen LogP contribution in [0.1, 0.15) is 31.5 Å². The van der Waals surface area contributed by atoms with E-state index in [1.807, 2.05) is 6.92 Å². The highest BCUT2D eigenvalue weighted by atomic mass is 19.4. The minimum atomic E-state index is -4.53. The monoisotopic (exact) mass is 321 g/mol. The van der Waals surface area contributed by atoms with Crippen LogP contribution in [0.2, 0.25) is 0 Å². The summed E-state index contributed by atoms with van der Waals surface area (Å²) in [4.78, 5) is 16.5. The third kappa shape index (κ3) is 3.96. The maximum absolute atomic E-state index is 12.9. The van der Waals surface area contributed by atoms with E-state index in [0.717, 1.165) is 12.8 Å². The minimum Gasteiger partial charge on any atom is -0.481 e. The van der Waals surface area contributed by atoms with Crippen molar-refractivity contribution in [2.45, 2.75) is 38.9 Å². The first-order valence-corrected chi connectivity index (χ1v) is 7.14. The lowest BCUT2D eigenvalue weighted by atomic mass is 9.96. The number of alkyl halides is 3. The molecule has 6 nitrogen and oxygen atoms in total. The summed E-state index contributed by atoms with van der Waals surface area (Å²) in [6, 6.07) is 0. The number of aryl methyl sites for hydroxylation is 1. The summed E-state index contributed by atoms with van der Waals surface area (Å²) in [5.74, 6) is -4.01. The molecule has 0 aromatic carbocycles. The van der Waals surface area contributed by atoms with Gasteiger partial charge in [-0.3, -0.25) is 9.69 Å². The number of aliphatic carboxylic acids is 1. The zero-order chi connectivity index (χ0) is 16.3. The Kier molecular flexibility index (Phi) is 5.05. The van der Waals surface area contributed by atoms with Crippen molar-refractivity contribution >= 4 is 5.97 Å². The summed E-state index contributed by atoms with van der Waals surface area (Å²) in [6.45, 7) is 1.52. The van der Waals surface area contributed by atoms with Crippen molar-refractivity contribution in [3.05, 3.63) is 11.7 Å². The first kappa shape index (κ1) is 16.7. The van der Waals surface area contributed by atoms with Crippen molar-refractivity contribution < 1.29 is 27.6 Å². The lowest BCUT2D eigenvalue weighted by molar-refractivity contribution is -0.188. The van der Waals surface area contributed by atoms with Crippen molar-refractivity contribution in [1.29, 1.82) is 0 Å². The molecule has 1 aromatic heterocycles. The molecular formula is C13H18F3N3O3. The van der Waals surface area contributed by atoms with E-state index in [1.165, 1.54) is 4.90 Å². The molecule has 1 saturated heterocycles. The van der Waals surface area contributed by atoms with Crippen molar-refractivity contribution in [2.24, 2.45) is 11.8 Å². The smallest absolute Gasteiger partial charge is 0.393 e. The van der Waals surface area contributed by atoms with Crippen LogP contribution in [0.15, 0.2) is 4.52 Å². The molecule has 0 unspecified atom stereocenters. The van der Waals surface area contributed by atoms with Crippen LogP contribution in [0.4, 0.5) is 13.2 Å². The standard InChI is InChI=1S/C13H18F3N3O3/c1-2-3-4-10-17-11(22-18-10)7-19-5-8(12(20)21)9(6-19)13(14,15)16/h8-9H,2-7H2,1H3,(H,20,21)/t8-,9-/m1/s1. The van der Waals surface area contributed by atoms with E-state index < -0.39 is 24.0 Å². The number of rotatable bonds is 6. The normalized spacial score (nSPS) is 23.1. The first-order valence-electron chi connectivity index (χ1n) is 7.14. The molecule has 2 atom stereocenters. The average Bonchev–Trinajstić information content (AvgIpc) is 3.03. The van der Waals surface area contributed by atoms with E-state index in [0.29, 0.717) is 12.2 Å². The predicted octanol–water partition coefficient (Wildman–Crippen LogP) is 2.11. The Hall–Kier alpha value is -1.64. The minimum absolute atomic E-state index is 0.0372. The van der Waals surface area contributed by atoms with Crippen molar-refractivity contribution in [3.63, 3.8) is 0 Å². The van der Waals surface area contributed by atoms with Gasteiger partial charge in [0.05, 0.1) is 18.4 Å². The van der Waals surface area contributed by atoms with Crippen LogP contribution in [0.3, 0.4) is 0 Å². The van der Waals surface area contributed by atoms with Gasteiger partial charge >= 0.3 is 12.1 Å². The number of carboxylic acid groups (broad SMARTS) is 1. The van der Waals surface area contributed by atoms with Gasteiger partial charge in [-0.2, -0.15) is 18.2 Å². The van der Waals surface area contributed by atoms with Gasteiger partial charge in [-0.05, 0) is 6.42 Å². The number of nitrogens with zero attached hydrogens (tertiary/aromatic N) is 3. The summed E-state index contributed by atoms with van der Waals surface area (Å²) in [6.07, 6.45) is -1.99. The van der Waals surface area contributed by atoms with Gasteiger partial charge in [-0.15, -0.1) is 0 Å². The Morgan fingerprint density at radius 3 is 2.73 bits per heavy atom. The fourth-order valence-corrected chi connectivity index (χ4v) is 2.58. The molecule has 0 bridgehead atoms. The van der Waals surface area contributed by atoms with E-state index in [2.05, 4.69) is 10.1 Å². The number of hydrogen-bond acceptors (Lipinski definition) is 5. The van der Waals surface area contributed by atoms with Crippen LogP contribution in [0.25, 0.3) is 0 Å². The van der Waals surface area contributed by atoms with E-state index in [4.69, 9.17) is 9.63 Å².